The van der Waals surface area contributed by atoms with Gasteiger partial charge in [-0.1, -0.05) is 13.8 Å². The van der Waals surface area contributed by atoms with Gasteiger partial charge in [0.2, 0.25) is 10.0 Å². The molecule has 21 heavy (non-hydrogen) atoms. The van der Waals surface area contributed by atoms with Crippen LogP contribution in [0.15, 0.2) is 17.3 Å². The monoisotopic (exact) mass is 314 g/mol. The Morgan fingerprint density at radius 2 is 2.19 bits per heavy atom. The Labute approximate surface area is 127 Å². The molecule has 1 aromatic heterocycles. The van der Waals surface area contributed by atoms with Gasteiger partial charge in [0.25, 0.3) is 0 Å². The summed E-state index contributed by atoms with van der Waals surface area (Å²) in [7, 11) is -3.39. The number of aromatic nitrogens is 2. The fourth-order valence-corrected chi connectivity index (χ4v) is 4.05. The Bertz CT molecular complexity index is 541. The molecule has 1 aliphatic heterocycles. The van der Waals surface area contributed by atoms with Crippen LogP contribution in [0.3, 0.4) is 0 Å². The summed E-state index contributed by atoms with van der Waals surface area (Å²) in [4.78, 5) is 0.313. The van der Waals surface area contributed by atoms with E-state index in [2.05, 4.69) is 17.3 Å². The summed E-state index contributed by atoms with van der Waals surface area (Å²) in [5.41, 5.74) is 0. The van der Waals surface area contributed by atoms with Crippen molar-refractivity contribution in [2.75, 3.05) is 26.2 Å². The number of likely N-dealkylation sites (N-methyl/N-ethyl adjacent to an activating group) is 1. The molecule has 0 saturated carbocycles. The lowest BCUT2D eigenvalue weighted by atomic mass is 10.0. The molecule has 1 aromatic rings. The molecule has 0 spiro atoms. The summed E-state index contributed by atoms with van der Waals surface area (Å²) in [6.07, 6.45) is 6.09. The predicted molar refractivity (Wildman–Crippen MR) is 82.5 cm³/mol. The van der Waals surface area contributed by atoms with Crippen LogP contribution in [0, 0.1) is 5.92 Å². The minimum absolute atomic E-state index is 0.313. The van der Waals surface area contributed by atoms with Crippen LogP contribution in [-0.2, 0) is 16.6 Å². The molecule has 0 bridgehead atoms. The highest BCUT2D eigenvalue weighted by Gasteiger charge is 2.27. The first-order valence-corrected chi connectivity index (χ1v) is 9.21. The van der Waals surface area contributed by atoms with E-state index in [4.69, 9.17) is 0 Å². The van der Waals surface area contributed by atoms with Gasteiger partial charge < -0.3 is 5.32 Å². The van der Waals surface area contributed by atoms with Crippen LogP contribution in [0.5, 0.6) is 0 Å². The molecule has 1 saturated heterocycles. The van der Waals surface area contributed by atoms with Crippen molar-refractivity contribution in [3.8, 4) is 0 Å². The van der Waals surface area contributed by atoms with Gasteiger partial charge in [-0.05, 0) is 31.7 Å². The van der Waals surface area contributed by atoms with E-state index in [0.29, 0.717) is 30.4 Å². The average Bonchev–Trinajstić information content (AvgIpc) is 2.81. The number of nitrogens with zero attached hydrogens (tertiary/aromatic N) is 3. The number of rotatable bonds is 6. The van der Waals surface area contributed by atoms with Crippen molar-refractivity contribution < 1.29 is 8.42 Å². The third kappa shape index (κ3) is 4.28. The van der Waals surface area contributed by atoms with E-state index in [-0.39, 0.29) is 0 Å². The first kappa shape index (κ1) is 16.5. The van der Waals surface area contributed by atoms with Gasteiger partial charge in [-0.2, -0.15) is 9.40 Å². The van der Waals surface area contributed by atoms with Gasteiger partial charge in [-0.15, -0.1) is 0 Å². The second kappa shape index (κ2) is 7.38. The zero-order valence-electron chi connectivity index (χ0n) is 13.0. The number of sulfonamides is 1. The van der Waals surface area contributed by atoms with Gasteiger partial charge in [-0.25, -0.2) is 8.42 Å². The minimum Gasteiger partial charge on any atom is -0.315 e. The molecule has 1 atom stereocenters. The van der Waals surface area contributed by atoms with Crippen LogP contribution in [0.2, 0.25) is 0 Å². The molecule has 1 unspecified atom stereocenters. The zero-order valence-corrected chi connectivity index (χ0v) is 13.8. The van der Waals surface area contributed by atoms with Gasteiger partial charge in [0.05, 0.1) is 12.7 Å². The predicted octanol–water partition coefficient (Wildman–Crippen LogP) is 1.30. The van der Waals surface area contributed by atoms with Crippen LogP contribution in [0.25, 0.3) is 0 Å². The van der Waals surface area contributed by atoms with Gasteiger partial charge in [0.15, 0.2) is 0 Å². The molecule has 1 N–H and O–H groups in total. The van der Waals surface area contributed by atoms with Crippen molar-refractivity contribution >= 4 is 10.0 Å². The van der Waals surface area contributed by atoms with Crippen molar-refractivity contribution in [3.63, 3.8) is 0 Å². The van der Waals surface area contributed by atoms with Gasteiger partial charge >= 0.3 is 0 Å². The molecule has 120 valence electrons. The molecule has 6 nitrogen and oxygen atoms in total. The Kier molecular flexibility index (Phi) is 5.78. The van der Waals surface area contributed by atoms with Crippen LogP contribution in [0.4, 0.5) is 0 Å². The molecule has 7 heteroatoms. The maximum absolute atomic E-state index is 12.6. The highest BCUT2D eigenvalue weighted by atomic mass is 32.2. The highest BCUT2D eigenvalue weighted by Crippen LogP contribution is 2.22. The van der Waals surface area contributed by atoms with Crippen molar-refractivity contribution in [3.05, 3.63) is 12.4 Å². The maximum Gasteiger partial charge on any atom is 0.246 e. The van der Waals surface area contributed by atoms with Gasteiger partial charge in [0, 0.05) is 25.8 Å². The van der Waals surface area contributed by atoms with E-state index in [9.17, 15) is 8.42 Å². The molecule has 0 radical (unpaired) electrons. The Morgan fingerprint density at radius 3 is 2.95 bits per heavy atom. The number of hydrogen-bond donors (Lipinski definition) is 1. The molecule has 2 heterocycles. The number of nitrogens with one attached hydrogen (secondary N) is 1. The molecular weight excluding hydrogens is 288 g/mol. The van der Waals surface area contributed by atoms with Crippen LogP contribution < -0.4 is 5.32 Å². The standard InChI is InChI=1S/C14H26N4O2S/c1-3-15-7-10-17-12-14(11-16-17)21(19,20)18-8-4-5-13(2)6-9-18/h11-13,15H,3-10H2,1-2H3. The zero-order chi connectivity index (χ0) is 15.3. The molecular formula is C14H26N4O2S. The van der Waals surface area contributed by atoms with Crippen molar-refractivity contribution in [1.29, 1.82) is 0 Å². The first-order valence-electron chi connectivity index (χ1n) is 7.77. The SMILES string of the molecule is CCNCCn1cc(S(=O)(=O)N2CCCC(C)CC2)cn1. The summed E-state index contributed by atoms with van der Waals surface area (Å²) >= 11 is 0. The Balaban J connectivity index is 2.05. The van der Waals surface area contributed by atoms with Gasteiger partial charge in [-0.3, -0.25) is 4.68 Å². The lowest BCUT2D eigenvalue weighted by molar-refractivity contribution is 0.416. The smallest absolute Gasteiger partial charge is 0.246 e. The third-order valence-electron chi connectivity index (χ3n) is 3.99. The molecule has 1 aliphatic rings. The second-order valence-electron chi connectivity index (χ2n) is 5.73. The summed E-state index contributed by atoms with van der Waals surface area (Å²) in [5.74, 6) is 0.605. The first-order chi connectivity index (χ1) is 10.0. The molecule has 2 rings (SSSR count). The van der Waals surface area contributed by atoms with Crippen molar-refractivity contribution in [2.24, 2.45) is 5.92 Å². The molecule has 0 aliphatic carbocycles. The summed E-state index contributed by atoms with van der Waals surface area (Å²) < 4.78 is 28.6. The largest absolute Gasteiger partial charge is 0.315 e. The summed E-state index contributed by atoms with van der Waals surface area (Å²) in [5, 5.41) is 7.36. The van der Waals surface area contributed by atoms with E-state index >= 15 is 0 Å². The molecule has 0 aromatic carbocycles. The fourth-order valence-electron chi connectivity index (χ4n) is 2.60. The van der Waals surface area contributed by atoms with Crippen LogP contribution in [0.1, 0.15) is 33.1 Å². The number of hydrogen-bond acceptors (Lipinski definition) is 4. The van der Waals surface area contributed by atoms with Gasteiger partial charge in [0.1, 0.15) is 4.90 Å². The summed E-state index contributed by atoms with van der Waals surface area (Å²) in [6.45, 7) is 7.84. The van der Waals surface area contributed by atoms with Crippen LogP contribution >= 0.6 is 0 Å². The van der Waals surface area contributed by atoms with E-state index in [1.54, 1.807) is 15.2 Å². The topological polar surface area (TPSA) is 67.2 Å². The van der Waals surface area contributed by atoms with Crippen molar-refractivity contribution in [1.82, 2.24) is 19.4 Å². The van der Waals surface area contributed by atoms with E-state index in [1.807, 2.05) is 6.92 Å². The molecule has 1 fully saturated rings. The quantitative estimate of drug-likeness (QED) is 0.804. The second-order valence-corrected chi connectivity index (χ2v) is 7.67. The summed E-state index contributed by atoms with van der Waals surface area (Å²) in [6, 6.07) is 0. The minimum atomic E-state index is -3.39. The van der Waals surface area contributed by atoms with Crippen LogP contribution in [-0.4, -0.2) is 48.7 Å². The van der Waals surface area contributed by atoms with E-state index in [1.165, 1.54) is 6.20 Å². The van der Waals surface area contributed by atoms with Crippen molar-refractivity contribution in [2.45, 2.75) is 44.6 Å². The highest BCUT2D eigenvalue weighted by molar-refractivity contribution is 7.89. The Hall–Kier alpha value is -0.920. The third-order valence-corrected chi connectivity index (χ3v) is 5.84. The lowest BCUT2D eigenvalue weighted by Crippen LogP contribution is -2.31. The average molecular weight is 314 g/mol. The van der Waals surface area contributed by atoms with E-state index in [0.717, 1.165) is 32.4 Å². The van der Waals surface area contributed by atoms with E-state index < -0.39 is 10.0 Å². The Morgan fingerprint density at radius 1 is 1.38 bits per heavy atom. The molecule has 0 amide bonds. The normalized spacial score (nSPS) is 21.3. The maximum atomic E-state index is 12.6. The fraction of sp³-hybridized carbons (Fsp3) is 0.786. The lowest BCUT2D eigenvalue weighted by Gasteiger charge is -2.18.